The highest BCUT2D eigenvalue weighted by atomic mass is 16.3. The van der Waals surface area contributed by atoms with Crippen LogP contribution in [0.2, 0.25) is 0 Å². The molecule has 3 N–H and O–H groups in total. The van der Waals surface area contributed by atoms with Gasteiger partial charge in [0.2, 0.25) is 0 Å². The molecule has 0 aromatic rings. The summed E-state index contributed by atoms with van der Waals surface area (Å²) in [5.74, 6) is 0. The van der Waals surface area contributed by atoms with Crippen molar-refractivity contribution in [2.45, 2.75) is 18.6 Å². The van der Waals surface area contributed by atoms with E-state index in [4.69, 9.17) is 0 Å². The molecule has 0 aromatic heterocycles. The van der Waals surface area contributed by atoms with Gasteiger partial charge in [0.1, 0.15) is 0 Å². The second kappa shape index (κ2) is 2.25. The summed E-state index contributed by atoms with van der Waals surface area (Å²) in [5.41, 5.74) is -0.561. The van der Waals surface area contributed by atoms with E-state index in [-0.39, 0.29) is 6.04 Å². The highest BCUT2D eigenvalue weighted by molar-refractivity contribution is 4.96. The summed E-state index contributed by atoms with van der Waals surface area (Å²) in [6.45, 7) is 3.40. The summed E-state index contributed by atoms with van der Waals surface area (Å²) in [6.07, 6.45) is 0. The molecule has 0 bridgehead atoms. The van der Waals surface area contributed by atoms with Crippen LogP contribution in [0.5, 0.6) is 0 Å². The van der Waals surface area contributed by atoms with Crippen LogP contribution in [0.3, 0.4) is 0 Å². The van der Waals surface area contributed by atoms with Crippen LogP contribution < -0.4 is 10.6 Å². The summed E-state index contributed by atoms with van der Waals surface area (Å²) in [6, 6.07) is 0.206. The molecule has 54 valence electrons. The van der Waals surface area contributed by atoms with Gasteiger partial charge in [0.15, 0.2) is 0 Å². The Morgan fingerprint density at radius 2 is 2.44 bits per heavy atom. The first kappa shape index (κ1) is 6.99. The molecule has 2 unspecified atom stereocenters. The lowest BCUT2D eigenvalue weighted by atomic mass is 10.0. The molecule has 3 nitrogen and oxygen atoms in total. The van der Waals surface area contributed by atoms with Gasteiger partial charge in [-0.25, -0.2) is 0 Å². The molecule has 1 saturated heterocycles. The molecule has 2 atom stereocenters. The monoisotopic (exact) mass is 130 g/mol. The topological polar surface area (TPSA) is 44.3 Å². The van der Waals surface area contributed by atoms with Gasteiger partial charge in [0, 0.05) is 19.1 Å². The lowest BCUT2D eigenvalue weighted by Crippen LogP contribution is -2.46. The average molecular weight is 130 g/mol. The summed E-state index contributed by atoms with van der Waals surface area (Å²) in [7, 11) is 1.87. The first-order valence-corrected chi connectivity index (χ1v) is 3.27. The summed E-state index contributed by atoms with van der Waals surface area (Å²) >= 11 is 0. The van der Waals surface area contributed by atoms with Gasteiger partial charge in [0.25, 0.3) is 0 Å². The molecule has 0 saturated carbocycles. The van der Waals surface area contributed by atoms with Crippen molar-refractivity contribution in [2.75, 3.05) is 20.1 Å². The van der Waals surface area contributed by atoms with Crippen LogP contribution in [-0.4, -0.2) is 36.9 Å². The Labute approximate surface area is 55.5 Å². The second-order valence-corrected chi connectivity index (χ2v) is 2.83. The van der Waals surface area contributed by atoms with Crippen molar-refractivity contribution in [1.82, 2.24) is 10.6 Å². The summed E-state index contributed by atoms with van der Waals surface area (Å²) in [5, 5.41) is 15.7. The third kappa shape index (κ3) is 1.23. The maximum Gasteiger partial charge on any atom is 0.0907 e. The number of aliphatic hydroxyl groups is 1. The molecule has 1 aliphatic rings. The van der Waals surface area contributed by atoms with E-state index in [1.165, 1.54) is 0 Å². The Kier molecular flexibility index (Phi) is 1.75. The van der Waals surface area contributed by atoms with Crippen molar-refractivity contribution in [2.24, 2.45) is 0 Å². The minimum absolute atomic E-state index is 0.206. The van der Waals surface area contributed by atoms with Gasteiger partial charge >= 0.3 is 0 Å². The Balaban J connectivity index is 2.52. The first-order valence-electron chi connectivity index (χ1n) is 3.27. The molecule has 9 heavy (non-hydrogen) atoms. The van der Waals surface area contributed by atoms with Crippen LogP contribution in [0.1, 0.15) is 6.92 Å². The Morgan fingerprint density at radius 3 is 2.67 bits per heavy atom. The van der Waals surface area contributed by atoms with Crippen molar-refractivity contribution in [1.29, 1.82) is 0 Å². The molecular weight excluding hydrogens is 116 g/mol. The normalized spacial score (nSPS) is 43.7. The van der Waals surface area contributed by atoms with Crippen LogP contribution in [0.25, 0.3) is 0 Å². The van der Waals surface area contributed by atoms with Crippen molar-refractivity contribution in [3.63, 3.8) is 0 Å². The van der Waals surface area contributed by atoms with Gasteiger partial charge in [0.05, 0.1) is 5.60 Å². The molecule has 3 heteroatoms. The zero-order valence-corrected chi connectivity index (χ0v) is 5.94. The predicted molar refractivity (Wildman–Crippen MR) is 36.3 cm³/mol. The van der Waals surface area contributed by atoms with E-state index in [0.29, 0.717) is 6.54 Å². The van der Waals surface area contributed by atoms with E-state index in [1.54, 1.807) is 0 Å². The minimum Gasteiger partial charge on any atom is -0.387 e. The van der Waals surface area contributed by atoms with Gasteiger partial charge in [-0.3, -0.25) is 0 Å². The quantitative estimate of drug-likeness (QED) is 0.423. The zero-order valence-electron chi connectivity index (χ0n) is 5.94. The number of β-amino-alcohol motifs (C(OH)–C–C–N with tert-alkyl or cyclic N) is 1. The van der Waals surface area contributed by atoms with Crippen molar-refractivity contribution < 1.29 is 5.11 Å². The van der Waals surface area contributed by atoms with E-state index in [1.807, 2.05) is 14.0 Å². The molecule has 0 radical (unpaired) electrons. The Morgan fingerprint density at radius 1 is 1.78 bits per heavy atom. The van der Waals surface area contributed by atoms with Gasteiger partial charge < -0.3 is 15.7 Å². The molecule has 1 heterocycles. The van der Waals surface area contributed by atoms with E-state index < -0.39 is 5.60 Å². The first-order chi connectivity index (χ1) is 4.17. The number of likely N-dealkylation sites (N-methyl/N-ethyl adjacent to an activating group) is 1. The molecule has 0 aliphatic carbocycles. The highest BCUT2D eigenvalue weighted by Crippen LogP contribution is 2.12. The minimum atomic E-state index is -0.561. The largest absolute Gasteiger partial charge is 0.387 e. The molecule has 1 fully saturated rings. The van der Waals surface area contributed by atoms with E-state index in [2.05, 4.69) is 10.6 Å². The Bertz CT molecular complexity index is 103. The molecule has 0 aromatic carbocycles. The number of hydrogen-bond donors (Lipinski definition) is 3. The third-order valence-corrected chi connectivity index (χ3v) is 1.93. The predicted octanol–water partition coefficient (Wildman–Crippen LogP) is -1.07. The van der Waals surface area contributed by atoms with E-state index in [0.717, 1.165) is 6.54 Å². The fraction of sp³-hybridized carbons (Fsp3) is 1.00. The fourth-order valence-electron chi connectivity index (χ4n) is 1.23. The molecule has 1 aliphatic heterocycles. The maximum absolute atomic E-state index is 9.53. The SMILES string of the molecule is CNC1CNCC1(C)O. The standard InChI is InChI=1S/C6H14N2O/c1-6(9)4-8-3-5(6)7-2/h5,7-9H,3-4H2,1-2H3. The lowest BCUT2D eigenvalue weighted by Gasteiger charge is -2.23. The smallest absolute Gasteiger partial charge is 0.0907 e. The van der Waals surface area contributed by atoms with Gasteiger partial charge in [-0.15, -0.1) is 0 Å². The maximum atomic E-state index is 9.53. The number of rotatable bonds is 1. The van der Waals surface area contributed by atoms with Crippen LogP contribution in [-0.2, 0) is 0 Å². The highest BCUT2D eigenvalue weighted by Gasteiger charge is 2.35. The zero-order chi connectivity index (χ0) is 6.91. The van der Waals surface area contributed by atoms with Crippen LogP contribution in [0.15, 0.2) is 0 Å². The molecule has 0 spiro atoms. The average Bonchev–Trinajstić information content (AvgIpc) is 2.08. The van der Waals surface area contributed by atoms with Crippen LogP contribution >= 0.6 is 0 Å². The van der Waals surface area contributed by atoms with Gasteiger partial charge in [-0.2, -0.15) is 0 Å². The lowest BCUT2D eigenvalue weighted by molar-refractivity contribution is 0.0562. The number of hydrogen-bond acceptors (Lipinski definition) is 3. The Hall–Kier alpha value is -0.120. The van der Waals surface area contributed by atoms with Gasteiger partial charge in [-0.05, 0) is 14.0 Å². The van der Waals surface area contributed by atoms with Crippen molar-refractivity contribution in [3.05, 3.63) is 0 Å². The second-order valence-electron chi connectivity index (χ2n) is 2.83. The fourth-order valence-corrected chi connectivity index (χ4v) is 1.23. The van der Waals surface area contributed by atoms with E-state index in [9.17, 15) is 5.11 Å². The summed E-state index contributed by atoms with van der Waals surface area (Å²) < 4.78 is 0. The van der Waals surface area contributed by atoms with Crippen LogP contribution in [0, 0.1) is 0 Å². The van der Waals surface area contributed by atoms with Crippen molar-refractivity contribution in [3.8, 4) is 0 Å². The molecular formula is C6H14N2O. The van der Waals surface area contributed by atoms with Crippen LogP contribution in [0.4, 0.5) is 0 Å². The van der Waals surface area contributed by atoms with Crippen molar-refractivity contribution >= 4 is 0 Å². The van der Waals surface area contributed by atoms with E-state index >= 15 is 0 Å². The molecule has 1 rings (SSSR count). The summed E-state index contributed by atoms with van der Waals surface area (Å²) in [4.78, 5) is 0. The number of nitrogens with one attached hydrogen (secondary N) is 2. The van der Waals surface area contributed by atoms with Gasteiger partial charge in [-0.1, -0.05) is 0 Å². The molecule has 0 amide bonds. The third-order valence-electron chi connectivity index (χ3n) is 1.93.